The Morgan fingerprint density at radius 3 is 1.39 bits per heavy atom. The molecule has 0 aromatic rings. The van der Waals surface area contributed by atoms with E-state index in [-0.39, 0.29) is 18.9 Å². The number of aliphatic hydroxyl groups is 8. The summed E-state index contributed by atoms with van der Waals surface area (Å²) in [5, 5.41) is 86.7. The van der Waals surface area contributed by atoms with E-state index >= 15 is 0 Å². The van der Waals surface area contributed by atoms with E-state index in [1.165, 1.54) is 77.0 Å². The van der Waals surface area contributed by atoms with Crippen LogP contribution >= 0.6 is 0 Å². The minimum atomic E-state index is -1.79. The smallest absolute Gasteiger partial charge is 0.220 e. The molecule has 9 N–H and O–H groups in total. The Morgan fingerprint density at radius 2 is 0.886 bits per heavy atom. The molecule has 12 unspecified atom stereocenters. The van der Waals surface area contributed by atoms with Gasteiger partial charge in [-0.2, -0.15) is 0 Å². The fourth-order valence-corrected chi connectivity index (χ4v) is 9.27. The molecule has 12 atom stereocenters. The second-order valence-corrected chi connectivity index (χ2v) is 21.1. The molecule has 0 aromatic heterocycles. The molecule has 2 fully saturated rings. The molecule has 0 aliphatic carbocycles. The fourth-order valence-electron chi connectivity index (χ4n) is 9.27. The number of amides is 1. The molecule has 2 rings (SSSR count). The van der Waals surface area contributed by atoms with Gasteiger partial charge in [0.1, 0.15) is 48.8 Å². The van der Waals surface area contributed by atoms with Gasteiger partial charge in [0.2, 0.25) is 5.91 Å². The molecule has 2 heterocycles. The van der Waals surface area contributed by atoms with Crippen LogP contribution in [0.15, 0.2) is 109 Å². The summed E-state index contributed by atoms with van der Waals surface area (Å²) in [6, 6.07) is -0.934. The van der Waals surface area contributed by atoms with Crippen molar-refractivity contribution in [3.63, 3.8) is 0 Å². The molecule has 0 bridgehead atoms. The van der Waals surface area contributed by atoms with Gasteiger partial charge in [-0.25, -0.2) is 0 Å². The minimum Gasteiger partial charge on any atom is -0.394 e. The standard InChI is InChI=1S/C65H109NO13/c1-3-5-7-9-11-13-14-15-16-17-18-19-20-21-22-23-24-25-26-27-28-29-30-31-32-33-34-35-36-37-38-39-40-41-43-45-47-49-57(70)66-53(54(69)48-46-44-42-12-10-8-6-4-2)52-76-64-62(75)60(73)63(56(51-68)78-64)79-65-61(74)59(72)58(71)55(50-67)77-65/h5,7,10-13,15-16,18-19,21-22,24-25,27-28,46,48,53-56,58-65,67-69,71-75H,3-4,6,8-9,14,17,20,23,26,29-45,47,49-52H2,1-2H3,(H,66,70)/b7-5-,12-10+,13-11-,16-15-,19-18-,22-21-,25-24-,28-27-,48-46+. The first-order valence-corrected chi connectivity index (χ1v) is 30.6. The number of rotatable bonds is 47. The summed E-state index contributed by atoms with van der Waals surface area (Å²) >= 11 is 0. The topological polar surface area (TPSA) is 228 Å². The Hall–Kier alpha value is -3.35. The number of unbranched alkanes of at least 4 members (excludes halogenated alkanes) is 18. The van der Waals surface area contributed by atoms with E-state index in [1.807, 2.05) is 6.08 Å². The number of carbonyl (C=O) groups is 1. The van der Waals surface area contributed by atoms with Crippen molar-refractivity contribution in [1.82, 2.24) is 5.32 Å². The molecule has 2 aliphatic heterocycles. The molecular formula is C65H109NO13. The summed E-state index contributed by atoms with van der Waals surface area (Å²) in [5.74, 6) is -0.258. The average Bonchev–Trinajstić information content (AvgIpc) is 3.47. The highest BCUT2D eigenvalue weighted by Gasteiger charge is 2.51. The number of hydrogen-bond acceptors (Lipinski definition) is 13. The third-order valence-corrected chi connectivity index (χ3v) is 14.2. The van der Waals surface area contributed by atoms with E-state index in [1.54, 1.807) is 6.08 Å². The van der Waals surface area contributed by atoms with Crippen LogP contribution in [0.5, 0.6) is 0 Å². The van der Waals surface area contributed by atoms with Crippen molar-refractivity contribution in [3.05, 3.63) is 109 Å². The van der Waals surface area contributed by atoms with Gasteiger partial charge in [0.25, 0.3) is 0 Å². The van der Waals surface area contributed by atoms with Crippen LogP contribution < -0.4 is 5.32 Å². The molecule has 14 heteroatoms. The molecule has 452 valence electrons. The van der Waals surface area contributed by atoms with Gasteiger partial charge in [-0.05, 0) is 83.5 Å². The van der Waals surface area contributed by atoms with Gasteiger partial charge in [0, 0.05) is 6.42 Å². The number of carbonyl (C=O) groups excluding carboxylic acids is 1. The van der Waals surface area contributed by atoms with Crippen molar-refractivity contribution < 1.29 is 64.6 Å². The van der Waals surface area contributed by atoms with Crippen molar-refractivity contribution >= 4 is 5.91 Å². The van der Waals surface area contributed by atoms with Crippen molar-refractivity contribution in [2.24, 2.45) is 0 Å². The largest absolute Gasteiger partial charge is 0.394 e. The van der Waals surface area contributed by atoms with Crippen molar-refractivity contribution in [1.29, 1.82) is 0 Å². The predicted molar refractivity (Wildman–Crippen MR) is 318 cm³/mol. The molecule has 0 radical (unpaired) electrons. The lowest BCUT2D eigenvalue weighted by Crippen LogP contribution is -2.65. The first-order chi connectivity index (χ1) is 38.6. The molecule has 0 aromatic carbocycles. The molecule has 0 spiro atoms. The molecule has 79 heavy (non-hydrogen) atoms. The third-order valence-electron chi connectivity index (χ3n) is 14.2. The summed E-state index contributed by atoms with van der Waals surface area (Å²) in [4.78, 5) is 13.2. The zero-order valence-electron chi connectivity index (χ0n) is 48.6. The Kier molecular flexibility index (Phi) is 44.8. The maximum Gasteiger partial charge on any atom is 0.220 e. The Morgan fingerprint density at radius 1 is 0.468 bits per heavy atom. The monoisotopic (exact) mass is 1110 g/mol. The van der Waals surface area contributed by atoms with Crippen molar-refractivity contribution in [2.45, 2.75) is 274 Å². The number of aliphatic hydroxyl groups excluding tert-OH is 8. The van der Waals surface area contributed by atoms with Crippen LogP contribution in [0.3, 0.4) is 0 Å². The average molecular weight is 1110 g/mol. The first kappa shape index (κ1) is 71.8. The van der Waals surface area contributed by atoms with E-state index in [2.05, 4.69) is 116 Å². The van der Waals surface area contributed by atoms with Gasteiger partial charge in [-0.15, -0.1) is 0 Å². The highest BCUT2D eigenvalue weighted by atomic mass is 16.7. The SMILES string of the molecule is CC/C=C\C/C=C\C/C=C\C/C=C\C/C=C\C/C=C\C/C=C\CCCCCCCCCCCCCCCCCC(=O)NC(COC1OC(CO)C(OC2OC(CO)C(O)C(O)C2O)C(O)C1O)C(O)/C=C/CC/C=C/CCCC. The molecular weight excluding hydrogens is 1000 g/mol. The lowest BCUT2D eigenvalue weighted by molar-refractivity contribution is -0.359. The Balaban J connectivity index is 1.57. The fraction of sp³-hybridized carbons (Fsp3) is 0.708. The van der Waals surface area contributed by atoms with Crippen LogP contribution in [-0.2, 0) is 23.7 Å². The zero-order chi connectivity index (χ0) is 57.4. The second-order valence-electron chi connectivity index (χ2n) is 21.1. The third kappa shape index (κ3) is 34.6. The van der Waals surface area contributed by atoms with Crippen LogP contribution in [0.2, 0.25) is 0 Å². The summed E-state index contributed by atoms with van der Waals surface area (Å²) in [5.41, 5.74) is 0. The van der Waals surface area contributed by atoms with Gasteiger partial charge in [-0.3, -0.25) is 4.79 Å². The van der Waals surface area contributed by atoms with Crippen LogP contribution in [-0.4, -0.2) is 140 Å². The highest BCUT2D eigenvalue weighted by Crippen LogP contribution is 2.30. The minimum absolute atomic E-state index is 0.258. The molecule has 14 nitrogen and oxygen atoms in total. The Labute approximate surface area is 476 Å². The summed E-state index contributed by atoms with van der Waals surface area (Å²) in [7, 11) is 0. The van der Waals surface area contributed by atoms with Crippen molar-refractivity contribution in [2.75, 3.05) is 19.8 Å². The van der Waals surface area contributed by atoms with E-state index < -0.39 is 86.8 Å². The van der Waals surface area contributed by atoms with Crippen molar-refractivity contribution in [3.8, 4) is 0 Å². The summed E-state index contributed by atoms with van der Waals surface area (Å²) < 4.78 is 22.7. The Bertz CT molecular complexity index is 1740. The van der Waals surface area contributed by atoms with Gasteiger partial charge in [0.15, 0.2) is 12.6 Å². The van der Waals surface area contributed by atoms with Crippen LogP contribution in [0.25, 0.3) is 0 Å². The highest BCUT2D eigenvalue weighted by molar-refractivity contribution is 5.76. The van der Waals surface area contributed by atoms with E-state index in [4.69, 9.17) is 18.9 Å². The summed E-state index contributed by atoms with van der Waals surface area (Å²) in [6.07, 6.45) is 53.3. The van der Waals surface area contributed by atoms with Gasteiger partial charge in [0.05, 0.1) is 32.0 Å². The number of nitrogens with one attached hydrogen (secondary N) is 1. The quantitative estimate of drug-likeness (QED) is 0.0204. The molecule has 2 aliphatic rings. The first-order valence-electron chi connectivity index (χ1n) is 30.6. The second kappa shape index (κ2) is 49.3. The molecule has 2 saturated heterocycles. The van der Waals surface area contributed by atoms with Crippen LogP contribution in [0, 0.1) is 0 Å². The van der Waals surface area contributed by atoms with Gasteiger partial charge in [-0.1, -0.05) is 220 Å². The lowest BCUT2D eigenvalue weighted by atomic mass is 9.97. The maximum absolute atomic E-state index is 13.2. The van der Waals surface area contributed by atoms with E-state index in [0.717, 1.165) is 89.9 Å². The predicted octanol–water partition coefficient (Wildman–Crippen LogP) is 10.8. The maximum atomic E-state index is 13.2. The number of allylic oxidation sites excluding steroid dienone is 17. The van der Waals surface area contributed by atoms with Gasteiger partial charge < -0.3 is 65.1 Å². The lowest BCUT2D eigenvalue weighted by Gasteiger charge is -2.46. The van der Waals surface area contributed by atoms with E-state index in [9.17, 15) is 45.6 Å². The van der Waals surface area contributed by atoms with Gasteiger partial charge >= 0.3 is 0 Å². The number of ether oxygens (including phenoxy) is 4. The van der Waals surface area contributed by atoms with Crippen LogP contribution in [0.1, 0.15) is 200 Å². The molecule has 1 amide bonds. The molecule has 0 saturated carbocycles. The summed E-state index contributed by atoms with van der Waals surface area (Å²) in [6.45, 7) is 2.56. The van der Waals surface area contributed by atoms with E-state index in [0.29, 0.717) is 12.8 Å². The zero-order valence-corrected chi connectivity index (χ0v) is 48.6. The number of hydrogen-bond donors (Lipinski definition) is 9. The normalized spacial score (nSPS) is 25.2. The van der Waals surface area contributed by atoms with Crippen LogP contribution in [0.4, 0.5) is 0 Å².